The van der Waals surface area contributed by atoms with Gasteiger partial charge in [0.05, 0.1) is 0 Å². The molecule has 1 nitrogen and oxygen atoms in total. The van der Waals surface area contributed by atoms with E-state index in [0.717, 1.165) is 23.8 Å². The van der Waals surface area contributed by atoms with E-state index in [1.54, 1.807) is 0 Å². The molecule has 98 valence electrons. The second-order valence-electron chi connectivity index (χ2n) is 7.11. The summed E-state index contributed by atoms with van der Waals surface area (Å²) in [5.74, 6) is 5.90. The summed E-state index contributed by atoms with van der Waals surface area (Å²) in [6.07, 6.45) is 7.46. The molecule has 2 aliphatic carbocycles. The van der Waals surface area contributed by atoms with Crippen LogP contribution < -0.4 is 5.32 Å². The van der Waals surface area contributed by atoms with Crippen molar-refractivity contribution < 1.29 is 0 Å². The first-order valence-corrected chi connectivity index (χ1v) is 8.63. The van der Waals surface area contributed by atoms with Crippen molar-refractivity contribution in [3.8, 4) is 0 Å². The first-order chi connectivity index (χ1) is 8.17. The van der Waals surface area contributed by atoms with E-state index < -0.39 is 0 Å². The quantitative estimate of drug-likeness (QED) is 0.804. The Hall–Kier alpha value is 0.310. The maximum absolute atomic E-state index is 3.93. The molecular weight excluding hydrogens is 226 g/mol. The Morgan fingerprint density at radius 3 is 2.35 bits per heavy atom. The van der Waals surface area contributed by atoms with Crippen molar-refractivity contribution in [3.05, 3.63) is 0 Å². The molecule has 3 fully saturated rings. The Morgan fingerprint density at radius 1 is 1.18 bits per heavy atom. The molecule has 0 aromatic carbocycles. The van der Waals surface area contributed by atoms with E-state index in [1.807, 2.05) is 0 Å². The van der Waals surface area contributed by atoms with Gasteiger partial charge < -0.3 is 5.32 Å². The minimum absolute atomic E-state index is 0.517. The second kappa shape index (κ2) is 4.77. The monoisotopic (exact) mass is 253 g/mol. The average molecular weight is 253 g/mol. The molecule has 1 unspecified atom stereocenters. The summed E-state index contributed by atoms with van der Waals surface area (Å²) in [7, 11) is 0. The molecule has 1 aliphatic heterocycles. The van der Waals surface area contributed by atoms with Crippen LogP contribution in [0.2, 0.25) is 0 Å². The van der Waals surface area contributed by atoms with Crippen molar-refractivity contribution in [1.82, 2.24) is 5.32 Å². The van der Waals surface area contributed by atoms with Gasteiger partial charge in [-0.2, -0.15) is 11.8 Å². The largest absolute Gasteiger partial charge is 0.312 e. The molecule has 0 aromatic rings. The van der Waals surface area contributed by atoms with Gasteiger partial charge in [0.15, 0.2) is 0 Å². The van der Waals surface area contributed by atoms with E-state index in [1.165, 1.54) is 50.2 Å². The van der Waals surface area contributed by atoms with Gasteiger partial charge in [0.25, 0.3) is 0 Å². The van der Waals surface area contributed by atoms with Crippen molar-refractivity contribution in [3.63, 3.8) is 0 Å². The van der Waals surface area contributed by atoms with Gasteiger partial charge in [0.2, 0.25) is 0 Å². The van der Waals surface area contributed by atoms with Gasteiger partial charge >= 0.3 is 0 Å². The summed E-state index contributed by atoms with van der Waals surface area (Å²) in [6.45, 7) is 6.21. The highest BCUT2D eigenvalue weighted by atomic mass is 32.2. The normalized spacial score (nSPS) is 33.0. The minimum atomic E-state index is 0.517. The van der Waals surface area contributed by atoms with Gasteiger partial charge in [-0.25, -0.2) is 0 Å². The summed E-state index contributed by atoms with van der Waals surface area (Å²) in [4.78, 5) is 0. The van der Waals surface area contributed by atoms with E-state index >= 15 is 0 Å². The van der Waals surface area contributed by atoms with Crippen LogP contribution >= 0.6 is 11.8 Å². The molecule has 0 aromatic heterocycles. The highest BCUT2D eigenvalue weighted by molar-refractivity contribution is 7.99. The fourth-order valence-electron chi connectivity index (χ4n) is 3.32. The van der Waals surface area contributed by atoms with Gasteiger partial charge in [0.1, 0.15) is 0 Å². The number of hydrogen-bond donors (Lipinski definition) is 1. The van der Waals surface area contributed by atoms with Crippen molar-refractivity contribution >= 4 is 11.8 Å². The average Bonchev–Trinajstić information content (AvgIpc) is 3.14. The summed E-state index contributed by atoms with van der Waals surface area (Å²) in [5, 5.41) is 3.93. The van der Waals surface area contributed by atoms with Crippen LogP contribution in [0.4, 0.5) is 0 Å². The van der Waals surface area contributed by atoms with Crippen LogP contribution in [0, 0.1) is 23.2 Å². The molecule has 0 amide bonds. The molecule has 1 atom stereocenters. The van der Waals surface area contributed by atoms with E-state index in [0.29, 0.717) is 5.41 Å². The fraction of sp³-hybridized carbons (Fsp3) is 1.00. The maximum atomic E-state index is 3.93. The zero-order valence-electron chi connectivity index (χ0n) is 11.4. The van der Waals surface area contributed by atoms with Crippen LogP contribution in [-0.4, -0.2) is 24.1 Å². The molecule has 17 heavy (non-hydrogen) atoms. The third kappa shape index (κ3) is 3.01. The molecule has 1 heterocycles. The molecule has 1 saturated heterocycles. The van der Waals surface area contributed by atoms with E-state index in [2.05, 4.69) is 30.9 Å². The Kier molecular flexibility index (Phi) is 3.47. The summed E-state index contributed by atoms with van der Waals surface area (Å²) >= 11 is 2.14. The van der Waals surface area contributed by atoms with Crippen molar-refractivity contribution in [2.45, 2.75) is 52.0 Å². The standard InChI is InChI=1S/C15H27NS/c1-15(2)7-8-17-10-14(15)16-9-13(11-3-4-11)12-5-6-12/h11-14,16H,3-10H2,1-2H3. The zero-order valence-corrected chi connectivity index (χ0v) is 12.2. The molecule has 3 rings (SSSR count). The van der Waals surface area contributed by atoms with Gasteiger partial charge in [-0.1, -0.05) is 13.8 Å². The molecular formula is C15H27NS. The third-order valence-corrected chi connectivity index (χ3v) is 6.24. The summed E-state index contributed by atoms with van der Waals surface area (Å²) in [5.41, 5.74) is 0.517. The molecule has 0 radical (unpaired) electrons. The van der Waals surface area contributed by atoms with Gasteiger partial charge in [-0.15, -0.1) is 0 Å². The fourth-order valence-corrected chi connectivity index (χ4v) is 4.96. The predicted molar refractivity (Wildman–Crippen MR) is 76.5 cm³/mol. The smallest absolute Gasteiger partial charge is 0.0209 e. The highest BCUT2D eigenvalue weighted by Crippen LogP contribution is 2.49. The second-order valence-corrected chi connectivity index (χ2v) is 8.26. The molecule has 0 spiro atoms. The number of thioether (sulfide) groups is 1. The van der Waals surface area contributed by atoms with Crippen LogP contribution in [-0.2, 0) is 0 Å². The number of hydrogen-bond acceptors (Lipinski definition) is 2. The number of rotatable bonds is 5. The molecule has 3 aliphatic rings. The molecule has 0 bridgehead atoms. The first kappa shape index (κ1) is 12.3. The molecule has 2 saturated carbocycles. The highest BCUT2D eigenvalue weighted by Gasteiger charge is 2.42. The third-order valence-electron chi connectivity index (χ3n) is 5.17. The Morgan fingerprint density at radius 2 is 1.82 bits per heavy atom. The van der Waals surface area contributed by atoms with Crippen LogP contribution in [0.15, 0.2) is 0 Å². The Bertz CT molecular complexity index is 256. The zero-order chi connectivity index (χ0) is 11.9. The first-order valence-electron chi connectivity index (χ1n) is 7.48. The van der Waals surface area contributed by atoms with Gasteiger partial charge in [0, 0.05) is 11.8 Å². The summed E-state index contributed by atoms with van der Waals surface area (Å²) < 4.78 is 0. The topological polar surface area (TPSA) is 12.0 Å². The van der Waals surface area contributed by atoms with Gasteiger partial charge in [-0.05, 0) is 67.6 Å². The lowest BCUT2D eigenvalue weighted by Crippen LogP contribution is -2.48. The lowest BCUT2D eigenvalue weighted by atomic mass is 9.82. The lowest BCUT2D eigenvalue weighted by Gasteiger charge is -2.39. The van der Waals surface area contributed by atoms with Crippen molar-refractivity contribution in [2.24, 2.45) is 23.2 Å². The van der Waals surface area contributed by atoms with Crippen LogP contribution in [0.5, 0.6) is 0 Å². The molecule has 2 heteroatoms. The minimum Gasteiger partial charge on any atom is -0.312 e. The van der Waals surface area contributed by atoms with E-state index in [-0.39, 0.29) is 0 Å². The molecule has 1 N–H and O–H groups in total. The Labute approximate surface area is 111 Å². The SMILES string of the molecule is CC1(C)CCSCC1NCC(C1CC1)C1CC1. The van der Waals surface area contributed by atoms with Crippen molar-refractivity contribution in [2.75, 3.05) is 18.1 Å². The van der Waals surface area contributed by atoms with Crippen LogP contribution in [0.1, 0.15) is 46.0 Å². The Balaban J connectivity index is 1.51. The van der Waals surface area contributed by atoms with E-state index in [4.69, 9.17) is 0 Å². The van der Waals surface area contributed by atoms with Crippen LogP contribution in [0.3, 0.4) is 0 Å². The van der Waals surface area contributed by atoms with E-state index in [9.17, 15) is 0 Å². The van der Waals surface area contributed by atoms with Gasteiger partial charge in [-0.3, -0.25) is 0 Å². The summed E-state index contributed by atoms with van der Waals surface area (Å²) in [6, 6.07) is 0.751. The number of nitrogens with one attached hydrogen (secondary N) is 1. The maximum Gasteiger partial charge on any atom is 0.0209 e. The van der Waals surface area contributed by atoms with Crippen LogP contribution in [0.25, 0.3) is 0 Å². The predicted octanol–water partition coefficient (Wildman–Crippen LogP) is 3.54. The lowest BCUT2D eigenvalue weighted by molar-refractivity contribution is 0.227. The van der Waals surface area contributed by atoms with Crippen molar-refractivity contribution in [1.29, 1.82) is 0 Å².